The molecule has 0 spiro atoms. The molecule has 0 aromatic heterocycles. The molecule has 1 heterocycles. The summed E-state index contributed by atoms with van der Waals surface area (Å²) in [6.45, 7) is 3.04. The number of ether oxygens (including phenoxy) is 1. The minimum atomic E-state index is -0.751. The third-order valence-corrected chi connectivity index (χ3v) is 7.40. The number of likely N-dealkylation sites (tertiary alicyclic amines) is 1. The second-order valence-corrected chi connectivity index (χ2v) is 9.80. The maximum Gasteiger partial charge on any atom is 0.238 e. The lowest BCUT2D eigenvalue weighted by Gasteiger charge is -2.52. The van der Waals surface area contributed by atoms with Gasteiger partial charge in [-0.05, 0) is 62.1 Å². The molecule has 0 unspecified atom stereocenters. The number of anilines is 1. The summed E-state index contributed by atoms with van der Waals surface area (Å²) in [5, 5.41) is 25.4. The van der Waals surface area contributed by atoms with E-state index in [9.17, 15) is 15.0 Å². The lowest BCUT2D eigenvalue weighted by molar-refractivity contribution is -0.135. The third kappa shape index (κ3) is 5.24. The zero-order valence-corrected chi connectivity index (χ0v) is 20.2. The molecular formula is C25H30Cl2N2O4. The molecule has 178 valence electrons. The normalized spacial score (nSPS) is 25.3. The van der Waals surface area contributed by atoms with E-state index in [1.54, 1.807) is 24.3 Å². The predicted molar refractivity (Wildman–Crippen MR) is 130 cm³/mol. The Morgan fingerprint density at radius 3 is 2.79 bits per heavy atom. The average molecular weight is 493 g/mol. The third-order valence-electron chi connectivity index (χ3n) is 6.85. The number of hydrogen-bond donors (Lipinski definition) is 3. The first-order valence-electron chi connectivity index (χ1n) is 11.5. The molecule has 4 rings (SSSR count). The average Bonchev–Trinajstić information content (AvgIpc) is 2.77. The van der Waals surface area contributed by atoms with Crippen LogP contribution in [0.3, 0.4) is 0 Å². The van der Waals surface area contributed by atoms with Crippen molar-refractivity contribution in [3.8, 4) is 11.5 Å². The quantitative estimate of drug-likeness (QED) is 0.502. The molecule has 2 aromatic carbocycles. The Balaban J connectivity index is 1.61. The summed E-state index contributed by atoms with van der Waals surface area (Å²) in [5.74, 6) is 0.300. The molecule has 1 amide bonds. The molecule has 0 radical (unpaired) electrons. The van der Waals surface area contributed by atoms with Gasteiger partial charge in [-0.25, -0.2) is 0 Å². The molecule has 1 saturated heterocycles. The van der Waals surface area contributed by atoms with Crippen LogP contribution in [0.5, 0.6) is 11.5 Å². The van der Waals surface area contributed by atoms with Gasteiger partial charge >= 0.3 is 0 Å². The molecule has 0 bridgehead atoms. The number of phenolic OH excluding ortho intramolecular Hbond substituents is 1. The lowest BCUT2D eigenvalue weighted by atomic mass is 9.66. The van der Waals surface area contributed by atoms with E-state index < -0.39 is 5.60 Å². The van der Waals surface area contributed by atoms with E-state index in [1.165, 1.54) is 0 Å². The van der Waals surface area contributed by atoms with Crippen LogP contribution in [0.15, 0.2) is 36.4 Å². The smallest absolute Gasteiger partial charge is 0.238 e. The summed E-state index contributed by atoms with van der Waals surface area (Å²) >= 11 is 12.2. The summed E-state index contributed by atoms with van der Waals surface area (Å²) in [5.41, 5.74) is 0.689. The Morgan fingerprint density at radius 2 is 2.03 bits per heavy atom. The molecule has 8 heteroatoms. The van der Waals surface area contributed by atoms with Gasteiger partial charge in [0.2, 0.25) is 5.91 Å². The molecule has 1 aliphatic heterocycles. The standard InChI is InChI=1S/C25H30Cl2N2O4/c1-2-33-22-13-16(6-9-21(22)30)24-18-5-3-4-10-25(18,32)11-12-29(24)15-23(31)28-20-8-7-17(26)14-19(20)27/h6-9,13-14,18,24,30,32H,2-5,10-12,15H2,1H3,(H,28,31)/t18-,24+,25-/m1/s1. The first-order valence-corrected chi connectivity index (χ1v) is 12.2. The van der Waals surface area contributed by atoms with E-state index in [1.807, 2.05) is 19.1 Å². The predicted octanol–water partition coefficient (Wildman–Crippen LogP) is 5.40. The number of carbonyl (C=O) groups excluding carboxylic acids is 1. The van der Waals surface area contributed by atoms with Gasteiger partial charge in [0.15, 0.2) is 11.5 Å². The molecule has 2 fully saturated rings. The number of aromatic hydroxyl groups is 1. The van der Waals surface area contributed by atoms with Gasteiger partial charge in [-0.2, -0.15) is 0 Å². The summed E-state index contributed by atoms with van der Waals surface area (Å²) in [4.78, 5) is 15.1. The molecule has 3 atom stereocenters. The number of benzene rings is 2. The SMILES string of the molecule is CCOc1cc([C@H]2[C@H]3CCCC[C@@]3(O)CCN2CC(=O)Nc2ccc(Cl)cc2Cl)ccc1O. The highest BCUT2D eigenvalue weighted by Crippen LogP contribution is 2.50. The summed E-state index contributed by atoms with van der Waals surface area (Å²) in [6.07, 6.45) is 4.33. The van der Waals surface area contributed by atoms with Crippen LogP contribution in [0.4, 0.5) is 5.69 Å². The van der Waals surface area contributed by atoms with E-state index >= 15 is 0 Å². The zero-order valence-electron chi connectivity index (χ0n) is 18.7. The van der Waals surface area contributed by atoms with Crippen LogP contribution < -0.4 is 10.1 Å². The molecule has 1 aliphatic carbocycles. The van der Waals surface area contributed by atoms with Crippen LogP contribution in [0.25, 0.3) is 0 Å². The fraction of sp³-hybridized carbons (Fsp3) is 0.480. The van der Waals surface area contributed by atoms with Crippen molar-refractivity contribution in [3.05, 3.63) is 52.0 Å². The summed E-state index contributed by atoms with van der Waals surface area (Å²) in [6, 6.07) is 10.1. The first-order chi connectivity index (χ1) is 15.8. The fourth-order valence-corrected chi connectivity index (χ4v) is 5.77. The van der Waals surface area contributed by atoms with Crippen molar-refractivity contribution in [1.29, 1.82) is 0 Å². The van der Waals surface area contributed by atoms with E-state index in [2.05, 4.69) is 10.2 Å². The number of rotatable bonds is 6. The Labute approximate surface area is 204 Å². The number of nitrogens with zero attached hydrogens (tertiary/aromatic N) is 1. The van der Waals surface area contributed by atoms with Gasteiger partial charge in [0, 0.05) is 23.5 Å². The van der Waals surface area contributed by atoms with E-state index in [-0.39, 0.29) is 30.2 Å². The highest BCUT2D eigenvalue weighted by molar-refractivity contribution is 6.36. The number of amides is 1. The second kappa shape index (κ2) is 10.1. The number of piperidine rings is 1. The second-order valence-electron chi connectivity index (χ2n) is 8.95. The fourth-order valence-electron chi connectivity index (χ4n) is 5.31. The van der Waals surface area contributed by atoms with Gasteiger partial charge in [-0.3, -0.25) is 9.69 Å². The van der Waals surface area contributed by atoms with E-state index in [0.29, 0.717) is 41.1 Å². The van der Waals surface area contributed by atoms with Gasteiger partial charge in [0.1, 0.15) is 0 Å². The molecule has 1 saturated carbocycles. The molecular weight excluding hydrogens is 463 g/mol. The Kier molecular flexibility index (Phi) is 7.39. The van der Waals surface area contributed by atoms with Gasteiger partial charge in [-0.1, -0.05) is 42.1 Å². The molecule has 3 N–H and O–H groups in total. The van der Waals surface area contributed by atoms with Crippen LogP contribution in [0.1, 0.15) is 50.6 Å². The van der Waals surface area contributed by atoms with Crippen molar-refractivity contribution < 1.29 is 19.7 Å². The highest BCUT2D eigenvalue weighted by atomic mass is 35.5. The number of hydrogen-bond acceptors (Lipinski definition) is 5. The Bertz CT molecular complexity index is 1020. The number of carbonyl (C=O) groups is 1. The van der Waals surface area contributed by atoms with Crippen molar-refractivity contribution in [2.75, 3.05) is 25.0 Å². The zero-order chi connectivity index (χ0) is 23.6. The minimum Gasteiger partial charge on any atom is -0.504 e. The maximum atomic E-state index is 13.0. The number of phenols is 1. The Hall–Kier alpha value is -1.99. The lowest BCUT2D eigenvalue weighted by Crippen LogP contribution is -2.56. The van der Waals surface area contributed by atoms with Crippen molar-refractivity contribution in [1.82, 2.24) is 4.90 Å². The van der Waals surface area contributed by atoms with Gasteiger partial charge in [0.05, 0.1) is 29.5 Å². The number of halogens is 2. The Morgan fingerprint density at radius 1 is 1.21 bits per heavy atom. The summed E-state index contributed by atoms with van der Waals surface area (Å²) < 4.78 is 5.61. The van der Waals surface area contributed by atoms with Gasteiger partial charge in [0.25, 0.3) is 0 Å². The van der Waals surface area contributed by atoms with Crippen molar-refractivity contribution in [2.24, 2.45) is 5.92 Å². The maximum absolute atomic E-state index is 13.0. The van der Waals surface area contributed by atoms with Crippen molar-refractivity contribution >= 4 is 34.8 Å². The van der Waals surface area contributed by atoms with Crippen LogP contribution >= 0.6 is 23.2 Å². The highest BCUT2D eigenvalue weighted by Gasteiger charge is 2.49. The topological polar surface area (TPSA) is 82.0 Å². The number of nitrogens with one attached hydrogen (secondary N) is 1. The largest absolute Gasteiger partial charge is 0.504 e. The monoisotopic (exact) mass is 492 g/mol. The van der Waals surface area contributed by atoms with Gasteiger partial charge < -0.3 is 20.3 Å². The summed E-state index contributed by atoms with van der Waals surface area (Å²) in [7, 11) is 0. The van der Waals surface area contributed by atoms with Crippen LogP contribution in [0.2, 0.25) is 10.0 Å². The van der Waals surface area contributed by atoms with E-state index in [0.717, 1.165) is 31.2 Å². The first kappa shape index (κ1) is 24.1. The van der Waals surface area contributed by atoms with Gasteiger partial charge in [-0.15, -0.1) is 0 Å². The minimum absolute atomic E-state index is 0.00839. The molecule has 33 heavy (non-hydrogen) atoms. The number of fused-ring (bicyclic) bond motifs is 1. The van der Waals surface area contributed by atoms with Crippen LogP contribution in [-0.4, -0.2) is 46.3 Å². The molecule has 6 nitrogen and oxygen atoms in total. The van der Waals surface area contributed by atoms with E-state index in [4.69, 9.17) is 27.9 Å². The van der Waals surface area contributed by atoms with Crippen molar-refractivity contribution in [2.45, 2.75) is 50.7 Å². The molecule has 2 aromatic rings. The number of aliphatic hydroxyl groups is 1. The van der Waals surface area contributed by atoms with Crippen LogP contribution in [-0.2, 0) is 4.79 Å². The van der Waals surface area contributed by atoms with Crippen LogP contribution in [0, 0.1) is 5.92 Å². The molecule has 2 aliphatic rings. The van der Waals surface area contributed by atoms with Crippen molar-refractivity contribution in [3.63, 3.8) is 0 Å².